The van der Waals surface area contributed by atoms with Crippen LogP contribution in [-0.2, 0) is 9.46 Å². The van der Waals surface area contributed by atoms with Gasteiger partial charge < -0.3 is 0 Å². The molecular formula is C6H7O2PS. The van der Waals surface area contributed by atoms with E-state index in [2.05, 4.69) is 0 Å². The van der Waals surface area contributed by atoms with Gasteiger partial charge in [0.05, 0.1) is 4.90 Å². The van der Waals surface area contributed by atoms with Crippen molar-refractivity contribution in [3.63, 3.8) is 0 Å². The topological polar surface area (TPSA) is 34.1 Å². The number of hydrogen-bond acceptors (Lipinski definition) is 2. The van der Waals surface area contributed by atoms with Crippen molar-refractivity contribution in [1.29, 1.82) is 0 Å². The third-order valence-electron chi connectivity index (χ3n) is 1.07. The molecule has 0 aliphatic heterocycles. The van der Waals surface area contributed by atoms with Crippen LogP contribution in [0.2, 0.25) is 0 Å². The summed E-state index contributed by atoms with van der Waals surface area (Å²) in [5.74, 6) is 0. The summed E-state index contributed by atoms with van der Waals surface area (Å²) in [7, 11) is -1.28. The molecule has 1 aromatic rings. The van der Waals surface area contributed by atoms with Gasteiger partial charge in [-0.1, -0.05) is 18.2 Å². The van der Waals surface area contributed by atoms with Crippen molar-refractivity contribution in [2.24, 2.45) is 0 Å². The molecular weight excluding hydrogens is 167 g/mol. The monoisotopic (exact) mass is 174 g/mol. The molecule has 0 spiro atoms. The van der Waals surface area contributed by atoms with E-state index in [0.717, 1.165) is 0 Å². The quantitative estimate of drug-likeness (QED) is 0.600. The Labute approximate surface area is 62.1 Å². The Morgan fingerprint density at radius 3 is 1.90 bits per heavy atom. The normalized spacial score (nSPS) is 11.3. The molecule has 0 heterocycles. The second-order valence-corrected chi connectivity index (χ2v) is 5.28. The van der Waals surface area contributed by atoms with Crippen LogP contribution >= 0.6 is 8.44 Å². The molecule has 54 valence electrons. The molecule has 1 atom stereocenters. The molecule has 0 saturated carbocycles. The minimum Gasteiger partial charge on any atom is -0.220 e. The maximum absolute atomic E-state index is 10.8. The third-order valence-corrected chi connectivity index (χ3v) is 2.82. The molecule has 0 N–H and O–H groups in total. The summed E-state index contributed by atoms with van der Waals surface area (Å²) in [6.07, 6.45) is 0. The molecule has 0 bridgehead atoms. The van der Waals surface area contributed by atoms with Gasteiger partial charge in [0, 0.05) is 0 Å². The molecule has 10 heavy (non-hydrogen) atoms. The lowest BCUT2D eigenvalue weighted by molar-refractivity contribution is 0.610. The lowest BCUT2D eigenvalue weighted by Crippen LogP contribution is -1.86. The van der Waals surface area contributed by atoms with E-state index in [4.69, 9.17) is 0 Å². The van der Waals surface area contributed by atoms with Crippen LogP contribution in [0.5, 0.6) is 0 Å². The molecule has 0 fully saturated rings. The lowest BCUT2D eigenvalue weighted by atomic mass is 10.4. The van der Waals surface area contributed by atoms with Gasteiger partial charge in [-0.05, 0) is 20.6 Å². The summed E-state index contributed by atoms with van der Waals surface area (Å²) >= 11 is 0. The van der Waals surface area contributed by atoms with Gasteiger partial charge in [0.25, 0.3) is 0 Å². The first-order valence-corrected chi connectivity index (χ1v) is 5.64. The zero-order chi connectivity index (χ0) is 7.61. The summed E-state index contributed by atoms with van der Waals surface area (Å²) < 4.78 is 21.6. The molecule has 0 saturated heterocycles. The molecule has 1 rings (SSSR count). The zero-order valence-electron chi connectivity index (χ0n) is 5.19. The standard InChI is InChI=1S/C6H7O2PS/c7-10(8,9)6-4-2-1-3-5-6/h1-5H,9H2. The largest absolute Gasteiger partial charge is 0.220 e. The van der Waals surface area contributed by atoms with Crippen molar-refractivity contribution in [2.75, 3.05) is 0 Å². The Morgan fingerprint density at radius 2 is 1.60 bits per heavy atom. The SMILES string of the molecule is O=S(=O)(P)c1ccccc1. The molecule has 0 aliphatic carbocycles. The molecule has 1 unspecified atom stereocenters. The van der Waals surface area contributed by atoms with Gasteiger partial charge in [0.15, 0.2) is 9.46 Å². The predicted molar refractivity (Wildman–Crippen MR) is 43.3 cm³/mol. The highest BCUT2D eigenvalue weighted by atomic mass is 32.7. The fourth-order valence-electron chi connectivity index (χ4n) is 0.610. The minimum absolute atomic E-state index is 0.333. The highest BCUT2D eigenvalue weighted by Gasteiger charge is 2.03. The highest BCUT2D eigenvalue weighted by molar-refractivity contribution is 8.37. The van der Waals surface area contributed by atoms with Crippen LogP contribution in [0.3, 0.4) is 0 Å². The van der Waals surface area contributed by atoms with Gasteiger partial charge >= 0.3 is 0 Å². The summed E-state index contributed by atoms with van der Waals surface area (Å²) in [6, 6.07) is 8.28. The van der Waals surface area contributed by atoms with Gasteiger partial charge in [-0.2, -0.15) is 0 Å². The fourth-order valence-corrected chi connectivity index (χ4v) is 1.62. The molecule has 4 heteroatoms. The Kier molecular flexibility index (Phi) is 2.07. The number of hydrogen-bond donors (Lipinski definition) is 0. The smallest absolute Gasteiger partial charge is 0.189 e. The Balaban J connectivity index is 3.22. The van der Waals surface area contributed by atoms with E-state index in [1.165, 1.54) is 0 Å². The van der Waals surface area contributed by atoms with Crippen LogP contribution in [-0.4, -0.2) is 8.42 Å². The summed E-state index contributed by atoms with van der Waals surface area (Å²) in [5.41, 5.74) is 0. The van der Waals surface area contributed by atoms with E-state index in [1.54, 1.807) is 38.8 Å². The van der Waals surface area contributed by atoms with Gasteiger partial charge in [-0.25, -0.2) is 8.42 Å². The van der Waals surface area contributed by atoms with Crippen molar-refractivity contribution in [1.82, 2.24) is 0 Å². The zero-order valence-corrected chi connectivity index (χ0v) is 7.16. The lowest BCUT2D eigenvalue weighted by Gasteiger charge is -1.93. The average Bonchev–Trinajstić information content (AvgIpc) is 1.88. The van der Waals surface area contributed by atoms with Crippen molar-refractivity contribution in [3.8, 4) is 0 Å². The summed E-state index contributed by atoms with van der Waals surface area (Å²) in [5, 5.41) is 0. The van der Waals surface area contributed by atoms with Crippen molar-refractivity contribution in [3.05, 3.63) is 30.3 Å². The second-order valence-electron chi connectivity index (χ2n) is 1.86. The maximum atomic E-state index is 10.8. The van der Waals surface area contributed by atoms with Crippen molar-refractivity contribution < 1.29 is 8.42 Å². The third kappa shape index (κ3) is 1.79. The van der Waals surface area contributed by atoms with Crippen molar-refractivity contribution >= 4 is 17.9 Å². The molecule has 0 aromatic heterocycles. The Bertz CT molecular complexity index is 304. The minimum atomic E-state index is -3.09. The predicted octanol–water partition coefficient (Wildman–Crippen LogP) is 1.25. The summed E-state index contributed by atoms with van der Waals surface area (Å²) in [6.45, 7) is 0. The average molecular weight is 174 g/mol. The van der Waals surface area contributed by atoms with E-state index in [9.17, 15) is 8.42 Å². The first-order chi connectivity index (χ1) is 4.61. The Hall–Kier alpha value is -0.400. The van der Waals surface area contributed by atoms with Crippen LogP contribution in [0.1, 0.15) is 0 Å². The molecule has 2 nitrogen and oxygen atoms in total. The maximum Gasteiger partial charge on any atom is 0.189 e. The van der Waals surface area contributed by atoms with E-state index in [1.807, 2.05) is 0 Å². The number of rotatable bonds is 1. The van der Waals surface area contributed by atoms with Crippen LogP contribution in [0.15, 0.2) is 35.2 Å². The fraction of sp³-hybridized carbons (Fsp3) is 0. The Morgan fingerprint density at radius 1 is 1.10 bits per heavy atom. The highest BCUT2D eigenvalue weighted by Crippen LogP contribution is 2.14. The molecule has 0 aliphatic rings. The van der Waals surface area contributed by atoms with E-state index >= 15 is 0 Å². The van der Waals surface area contributed by atoms with E-state index in [0.29, 0.717) is 4.90 Å². The van der Waals surface area contributed by atoms with E-state index in [-0.39, 0.29) is 0 Å². The number of benzene rings is 1. The summed E-state index contributed by atoms with van der Waals surface area (Å²) in [4.78, 5) is 0.333. The molecule has 1 aromatic carbocycles. The van der Waals surface area contributed by atoms with Crippen LogP contribution in [0.4, 0.5) is 0 Å². The van der Waals surface area contributed by atoms with Crippen LogP contribution in [0, 0.1) is 0 Å². The van der Waals surface area contributed by atoms with Crippen LogP contribution in [0.25, 0.3) is 0 Å². The first-order valence-electron chi connectivity index (χ1n) is 2.68. The first kappa shape index (κ1) is 7.70. The van der Waals surface area contributed by atoms with Gasteiger partial charge in [-0.15, -0.1) is 0 Å². The van der Waals surface area contributed by atoms with Crippen LogP contribution < -0.4 is 0 Å². The second kappa shape index (κ2) is 2.69. The van der Waals surface area contributed by atoms with Crippen molar-refractivity contribution in [2.45, 2.75) is 4.90 Å². The molecule has 0 amide bonds. The van der Waals surface area contributed by atoms with Gasteiger partial charge in [0.1, 0.15) is 0 Å². The van der Waals surface area contributed by atoms with Gasteiger partial charge in [-0.3, -0.25) is 0 Å². The molecule has 0 radical (unpaired) electrons. The van der Waals surface area contributed by atoms with E-state index < -0.39 is 9.46 Å². The van der Waals surface area contributed by atoms with Gasteiger partial charge in [0.2, 0.25) is 0 Å².